The topological polar surface area (TPSA) is 45.6 Å². The van der Waals surface area contributed by atoms with Gasteiger partial charge in [0, 0.05) is 17.8 Å². The van der Waals surface area contributed by atoms with Crippen molar-refractivity contribution in [3.05, 3.63) is 83.1 Å². The lowest BCUT2D eigenvalue weighted by Crippen LogP contribution is -2.48. The van der Waals surface area contributed by atoms with Crippen LogP contribution in [-0.4, -0.2) is 39.7 Å². The Morgan fingerprint density at radius 1 is 1.03 bits per heavy atom. The highest BCUT2D eigenvalue weighted by molar-refractivity contribution is 6.30. The molecular weight excluding hydrogens is 457 g/mol. The van der Waals surface area contributed by atoms with E-state index in [1.807, 2.05) is 66.9 Å². The number of anilines is 1. The van der Waals surface area contributed by atoms with Crippen LogP contribution in [0, 0.1) is 0 Å². The lowest BCUT2D eigenvalue weighted by molar-refractivity contribution is -0.134. The number of halogens is 2. The van der Waals surface area contributed by atoms with Crippen molar-refractivity contribution < 1.29 is 9.59 Å². The summed E-state index contributed by atoms with van der Waals surface area (Å²) < 4.78 is 2.11. The Morgan fingerprint density at radius 2 is 1.73 bits per heavy atom. The van der Waals surface area contributed by atoms with Crippen LogP contribution in [0.2, 0.25) is 5.02 Å². The maximum atomic E-state index is 13.9. The number of nitrogens with zero attached hydrogens (tertiary/aromatic N) is 3. The summed E-state index contributed by atoms with van der Waals surface area (Å²) in [5.74, 6) is -0.383. The van der Waals surface area contributed by atoms with Crippen molar-refractivity contribution in [3.63, 3.8) is 0 Å². The molecule has 0 fully saturated rings. The zero-order valence-corrected chi connectivity index (χ0v) is 20.3. The standard InChI is InChI=1S/C26H27Cl2N3O2/c1-3-4-15-29(26(33)18(2)27)17-24(32)31-22-9-6-5-8-21(22)30-16-7-10-23(30)25(31)19-11-13-20(28)14-12-19/h5-14,16,18,25H,3-4,15,17H2,1-2H3/t18?,25-/m1/s1. The van der Waals surface area contributed by atoms with Crippen LogP contribution in [-0.2, 0) is 9.59 Å². The quantitative estimate of drug-likeness (QED) is 0.397. The van der Waals surface area contributed by atoms with Crippen LogP contribution in [0.1, 0.15) is 44.0 Å². The number of rotatable bonds is 7. The van der Waals surface area contributed by atoms with Crippen molar-refractivity contribution in [2.24, 2.45) is 0 Å². The minimum atomic E-state index is -0.687. The molecule has 4 rings (SSSR count). The second kappa shape index (κ2) is 10.0. The molecule has 1 aromatic heterocycles. The fourth-order valence-corrected chi connectivity index (χ4v) is 4.59. The number of amides is 2. The fraction of sp³-hybridized carbons (Fsp3) is 0.308. The molecule has 1 unspecified atom stereocenters. The lowest BCUT2D eigenvalue weighted by atomic mass is 9.97. The monoisotopic (exact) mass is 483 g/mol. The Bertz CT molecular complexity index is 1140. The van der Waals surface area contributed by atoms with Gasteiger partial charge in [0.15, 0.2) is 0 Å². The van der Waals surface area contributed by atoms with Gasteiger partial charge in [-0.2, -0.15) is 0 Å². The number of aromatic nitrogens is 1. The van der Waals surface area contributed by atoms with E-state index in [0.29, 0.717) is 11.6 Å². The molecule has 0 radical (unpaired) electrons. The van der Waals surface area contributed by atoms with Crippen LogP contribution in [0.3, 0.4) is 0 Å². The molecule has 0 N–H and O–H groups in total. The Morgan fingerprint density at radius 3 is 2.39 bits per heavy atom. The van der Waals surface area contributed by atoms with Crippen molar-refractivity contribution >= 4 is 40.7 Å². The van der Waals surface area contributed by atoms with Gasteiger partial charge in [-0.15, -0.1) is 11.6 Å². The van der Waals surface area contributed by atoms with E-state index < -0.39 is 5.38 Å². The molecule has 1 aliphatic rings. The number of unbranched alkanes of at least 4 members (excludes halogenated alkanes) is 1. The van der Waals surface area contributed by atoms with Gasteiger partial charge in [0.25, 0.3) is 0 Å². The summed E-state index contributed by atoms with van der Waals surface area (Å²) in [5.41, 5.74) is 3.64. The molecule has 0 bridgehead atoms. The van der Waals surface area contributed by atoms with Gasteiger partial charge < -0.3 is 9.47 Å². The molecule has 3 aromatic rings. The fourth-order valence-electron chi connectivity index (χ4n) is 4.33. The van der Waals surface area contributed by atoms with E-state index in [2.05, 4.69) is 11.5 Å². The van der Waals surface area contributed by atoms with E-state index >= 15 is 0 Å². The summed E-state index contributed by atoms with van der Waals surface area (Å²) in [6, 6.07) is 19.0. The van der Waals surface area contributed by atoms with E-state index in [9.17, 15) is 9.59 Å². The van der Waals surface area contributed by atoms with E-state index in [1.54, 1.807) is 16.7 Å². The van der Waals surface area contributed by atoms with E-state index in [1.165, 1.54) is 0 Å². The molecule has 5 nitrogen and oxygen atoms in total. The van der Waals surface area contributed by atoms with Crippen LogP contribution < -0.4 is 4.90 Å². The van der Waals surface area contributed by atoms with Gasteiger partial charge in [0.2, 0.25) is 11.8 Å². The van der Waals surface area contributed by atoms with Gasteiger partial charge >= 0.3 is 0 Å². The van der Waals surface area contributed by atoms with Gasteiger partial charge in [0.05, 0.1) is 17.1 Å². The van der Waals surface area contributed by atoms with E-state index in [0.717, 1.165) is 35.5 Å². The Labute approximate surface area is 204 Å². The zero-order valence-electron chi connectivity index (χ0n) is 18.7. The third-order valence-electron chi connectivity index (χ3n) is 5.93. The first-order chi connectivity index (χ1) is 15.9. The average molecular weight is 484 g/mol. The molecule has 7 heteroatoms. The van der Waals surface area contributed by atoms with Crippen LogP contribution in [0.15, 0.2) is 66.9 Å². The third-order valence-corrected chi connectivity index (χ3v) is 6.37. The molecule has 0 saturated heterocycles. The number of carbonyl (C=O) groups is 2. The van der Waals surface area contributed by atoms with Crippen LogP contribution in [0.25, 0.3) is 5.69 Å². The molecule has 0 saturated carbocycles. The SMILES string of the molecule is CCCCN(CC(=O)N1c2ccccc2-n2cccc2[C@H]1c1ccc(Cl)cc1)C(=O)C(C)Cl. The van der Waals surface area contributed by atoms with Crippen molar-refractivity contribution in [1.29, 1.82) is 0 Å². The van der Waals surface area contributed by atoms with Crippen LogP contribution in [0.5, 0.6) is 0 Å². The molecule has 33 heavy (non-hydrogen) atoms. The highest BCUT2D eigenvalue weighted by atomic mass is 35.5. The van der Waals surface area contributed by atoms with Gasteiger partial charge in [-0.05, 0) is 55.3 Å². The van der Waals surface area contributed by atoms with Crippen molar-refractivity contribution in [2.75, 3.05) is 18.0 Å². The Kier molecular flexibility index (Phi) is 7.11. The molecule has 2 atom stereocenters. The second-order valence-corrected chi connectivity index (χ2v) is 9.33. The van der Waals surface area contributed by atoms with Crippen LogP contribution in [0.4, 0.5) is 5.69 Å². The number of benzene rings is 2. The molecule has 172 valence electrons. The normalized spacial score (nSPS) is 15.5. The first-order valence-corrected chi connectivity index (χ1v) is 12.0. The highest BCUT2D eigenvalue weighted by Gasteiger charge is 2.37. The molecule has 0 spiro atoms. The number of hydrogen-bond donors (Lipinski definition) is 0. The summed E-state index contributed by atoms with van der Waals surface area (Å²) in [5, 5.41) is -0.0525. The summed E-state index contributed by atoms with van der Waals surface area (Å²) in [6.45, 7) is 4.16. The molecule has 2 aromatic carbocycles. The molecular formula is C26H27Cl2N3O2. The number of fused-ring (bicyclic) bond motifs is 3. The Hall–Kier alpha value is -2.76. The maximum Gasteiger partial charge on any atom is 0.247 e. The van der Waals surface area contributed by atoms with Crippen molar-refractivity contribution in [1.82, 2.24) is 9.47 Å². The van der Waals surface area contributed by atoms with Gasteiger partial charge in [-0.3, -0.25) is 14.5 Å². The van der Waals surface area contributed by atoms with E-state index in [4.69, 9.17) is 23.2 Å². The minimum absolute atomic E-state index is 0.0327. The Balaban J connectivity index is 1.78. The number of carbonyl (C=O) groups excluding carboxylic acids is 2. The van der Waals surface area contributed by atoms with Crippen molar-refractivity contribution in [3.8, 4) is 5.69 Å². The van der Waals surface area contributed by atoms with Gasteiger partial charge in [-0.1, -0.05) is 49.2 Å². The zero-order chi connectivity index (χ0) is 23.5. The third kappa shape index (κ3) is 4.66. The number of hydrogen-bond acceptors (Lipinski definition) is 2. The van der Waals surface area contributed by atoms with Crippen LogP contribution >= 0.6 is 23.2 Å². The summed E-state index contributed by atoms with van der Waals surface area (Å²) in [4.78, 5) is 30.0. The second-order valence-electron chi connectivity index (χ2n) is 8.24. The maximum absolute atomic E-state index is 13.9. The van der Waals surface area contributed by atoms with Gasteiger partial charge in [0.1, 0.15) is 18.0 Å². The smallest absolute Gasteiger partial charge is 0.247 e. The lowest BCUT2D eigenvalue weighted by Gasteiger charge is -2.39. The molecule has 2 heterocycles. The number of para-hydroxylation sites is 2. The minimum Gasteiger partial charge on any atom is -0.332 e. The predicted molar refractivity (Wildman–Crippen MR) is 133 cm³/mol. The largest absolute Gasteiger partial charge is 0.332 e. The van der Waals surface area contributed by atoms with Gasteiger partial charge in [-0.25, -0.2) is 0 Å². The average Bonchev–Trinajstić information content (AvgIpc) is 3.31. The number of alkyl halides is 1. The first kappa shape index (κ1) is 23.4. The van der Waals surface area contributed by atoms with Crippen molar-refractivity contribution in [2.45, 2.75) is 38.1 Å². The summed E-state index contributed by atoms with van der Waals surface area (Å²) in [7, 11) is 0. The molecule has 0 aliphatic carbocycles. The van der Waals surface area contributed by atoms with E-state index in [-0.39, 0.29) is 24.4 Å². The molecule has 2 amide bonds. The summed E-state index contributed by atoms with van der Waals surface area (Å²) >= 11 is 12.3. The summed E-state index contributed by atoms with van der Waals surface area (Å²) in [6.07, 6.45) is 3.73. The molecule has 1 aliphatic heterocycles. The first-order valence-electron chi connectivity index (χ1n) is 11.2. The predicted octanol–water partition coefficient (Wildman–Crippen LogP) is 5.82. The highest BCUT2D eigenvalue weighted by Crippen LogP contribution is 2.42.